The molecule has 1 heterocycles. The Labute approximate surface area is 183 Å². The van der Waals surface area contributed by atoms with Crippen molar-refractivity contribution in [2.24, 2.45) is 0 Å². The predicted molar refractivity (Wildman–Crippen MR) is 120 cm³/mol. The van der Waals surface area contributed by atoms with Crippen LogP contribution in [0.15, 0.2) is 48.5 Å². The lowest BCUT2D eigenvalue weighted by molar-refractivity contribution is -0.132. The molecule has 0 aromatic heterocycles. The minimum Gasteiger partial charge on any atom is -0.497 e. The van der Waals surface area contributed by atoms with Crippen molar-refractivity contribution in [2.75, 3.05) is 51.6 Å². The maximum Gasteiger partial charge on any atom is 0.224 e. The molecule has 0 radical (unpaired) electrons. The molecular weight excluding hydrogens is 418 g/mol. The first-order valence-electron chi connectivity index (χ1n) is 10.1. The van der Waals surface area contributed by atoms with E-state index < -0.39 is 16.1 Å². The van der Waals surface area contributed by atoms with Gasteiger partial charge in [0.05, 0.1) is 26.5 Å². The number of sulfonamides is 1. The smallest absolute Gasteiger partial charge is 0.224 e. The molecule has 1 fully saturated rings. The molecule has 0 spiro atoms. The summed E-state index contributed by atoms with van der Waals surface area (Å²) >= 11 is 0. The molecule has 9 heteroatoms. The van der Waals surface area contributed by atoms with Gasteiger partial charge in [0.15, 0.2) is 0 Å². The van der Waals surface area contributed by atoms with E-state index in [0.29, 0.717) is 31.9 Å². The predicted octanol–water partition coefficient (Wildman–Crippen LogP) is 2.03. The van der Waals surface area contributed by atoms with Crippen LogP contribution in [0, 0.1) is 0 Å². The number of hydrogen-bond acceptors (Lipinski definition) is 6. The summed E-state index contributed by atoms with van der Waals surface area (Å²) in [6.07, 6.45) is 1.16. The molecule has 2 aromatic carbocycles. The maximum absolute atomic E-state index is 12.9. The topological polar surface area (TPSA) is 88.2 Å². The van der Waals surface area contributed by atoms with Gasteiger partial charge >= 0.3 is 0 Å². The molecule has 1 atom stereocenters. The molecule has 1 N–H and O–H groups in total. The SMILES string of the molecule is COc1ccc([C@H](CC(=O)N2CCN(c3ccc(OC)cc3)CC2)NS(C)(=O)=O)cc1. The molecule has 1 amide bonds. The van der Waals surface area contributed by atoms with Gasteiger partial charge < -0.3 is 19.3 Å². The first-order valence-corrected chi connectivity index (χ1v) is 12.0. The maximum atomic E-state index is 12.9. The number of ether oxygens (including phenoxy) is 2. The highest BCUT2D eigenvalue weighted by atomic mass is 32.2. The number of methoxy groups -OCH3 is 2. The third kappa shape index (κ3) is 6.35. The monoisotopic (exact) mass is 447 g/mol. The number of carbonyl (C=O) groups excluding carboxylic acids is 1. The zero-order valence-corrected chi connectivity index (χ0v) is 18.9. The molecule has 0 saturated carbocycles. The van der Waals surface area contributed by atoms with E-state index in [1.807, 2.05) is 24.3 Å². The number of amides is 1. The van der Waals surface area contributed by atoms with Crippen molar-refractivity contribution >= 4 is 21.6 Å². The number of carbonyl (C=O) groups is 1. The fraction of sp³-hybridized carbons (Fsp3) is 0.409. The minimum absolute atomic E-state index is 0.0575. The summed E-state index contributed by atoms with van der Waals surface area (Å²) in [5, 5.41) is 0. The van der Waals surface area contributed by atoms with Crippen molar-refractivity contribution in [2.45, 2.75) is 12.5 Å². The van der Waals surface area contributed by atoms with Crippen LogP contribution in [0.3, 0.4) is 0 Å². The Balaban J connectivity index is 1.63. The molecule has 31 heavy (non-hydrogen) atoms. The minimum atomic E-state index is -3.48. The molecule has 1 aliphatic heterocycles. The summed E-state index contributed by atoms with van der Waals surface area (Å²) in [4.78, 5) is 17.0. The van der Waals surface area contributed by atoms with Crippen LogP contribution in [0.5, 0.6) is 11.5 Å². The highest BCUT2D eigenvalue weighted by molar-refractivity contribution is 7.88. The summed E-state index contributed by atoms with van der Waals surface area (Å²) in [5.74, 6) is 1.40. The van der Waals surface area contributed by atoms with E-state index in [1.165, 1.54) is 0 Å². The van der Waals surface area contributed by atoms with E-state index in [-0.39, 0.29) is 12.3 Å². The van der Waals surface area contributed by atoms with Gasteiger partial charge in [0, 0.05) is 38.3 Å². The van der Waals surface area contributed by atoms with Crippen LogP contribution >= 0.6 is 0 Å². The fourth-order valence-electron chi connectivity index (χ4n) is 3.63. The van der Waals surface area contributed by atoms with Crippen LogP contribution in [-0.4, -0.2) is 65.9 Å². The van der Waals surface area contributed by atoms with Crippen LogP contribution in [0.1, 0.15) is 18.0 Å². The molecule has 168 valence electrons. The second-order valence-electron chi connectivity index (χ2n) is 7.49. The molecule has 0 unspecified atom stereocenters. The number of nitrogens with zero attached hydrogens (tertiary/aromatic N) is 2. The number of piperazine rings is 1. The average molecular weight is 448 g/mol. The second-order valence-corrected chi connectivity index (χ2v) is 9.27. The van der Waals surface area contributed by atoms with Crippen molar-refractivity contribution in [3.05, 3.63) is 54.1 Å². The Morgan fingerprint density at radius 3 is 1.94 bits per heavy atom. The second kappa shape index (κ2) is 10.0. The molecule has 1 aliphatic rings. The molecule has 2 aromatic rings. The van der Waals surface area contributed by atoms with Crippen molar-refractivity contribution < 1.29 is 22.7 Å². The van der Waals surface area contributed by atoms with Crippen LogP contribution in [0.25, 0.3) is 0 Å². The van der Waals surface area contributed by atoms with E-state index in [9.17, 15) is 13.2 Å². The zero-order valence-electron chi connectivity index (χ0n) is 18.1. The largest absolute Gasteiger partial charge is 0.497 e. The zero-order chi connectivity index (χ0) is 22.4. The standard InChI is InChI=1S/C22H29N3O5S/c1-29-19-8-4-17(5-9-19)21(23-31(3,27)28)16-22(26)25-14-12-24(13-15-25)18-6-10-20(30-2)11-7-18/h4-11,21,23H,12-16H2,1-3H3/t21-/m0/s1. The number of rotatable bonds is 8. The Morgan fingerprint density at radius 1 is 0.935 bits per heavy atom. The van der Waals surface area contributed by atoms with Gasteiger partial charge in [0.1, 0.15) is 11.5 Å². The van der Waals surface area contributed by atoms with Gasteiger partial charge in [-0.05, 0) is 42.0 Å². The van der Waals surface area contributed by atoms with E-state index >= 15 is 0 Å². The summed E-state index contributed by atoms with van der Waals surface area (Å²) in [6, 6.07) is 14.3. The molecular formula is C22H29N3O5S. The summed E-state index contributed by atoms with van der Waals surface area (Å²) in [6.45, 7) is 2.59. The molecule has 0 aliphatic carbocycles. The van der Waals surface area contributed by atoms with Crippen LogP contribution in [0.4, 0.5) is 5.69 Å². The number of hydrogen-bond donors (Lipinski definition) is 1. The van der Waals surface area contributed by atoms with Crippen LogP contribution in [0.2, 0.25) is 0 Å². The van der Waals surface area contributed by atoms with Crippen molar-refractivity contribution in [1.82, 2.24) is 9.62 Å². The molecule has 3 rings (SSSR count). The average Bonchev–Trinajstić information content (AvgIpc) is 2.78. The summed E-state index contributed by atoms with van der Waals surface area (Å²) in [5.41, 5.74) is 1.80. The lowest BCUT2D eigenvalue weighted by Gasteiger charge is -2.36. The summed E-state index contributed by atoms with van der Waals surface area (Å²) in [7, 11) is -0.283. The highest BCUT2D eigenvalue weighted by Gasteiger charge is 2.26. The van der Waals surface area contributed by atoms with Gasteiger partial charge in [0.25, 0.3) is 0 Å². The molecule has 8 nitrogen and oxygen atoms in total. The first-order chi connectivity index (χ1) is 14.8. The van der Waals surface area contributed by atoms with Gasteiger partial charge in [0.2, 0.25) is 15.9 Å². The number of benzene rings is 2. The third-order valence-electron chi connectivity index (χ3n) is 5.32. The summed E-state index contributed by atoms with van der Waals surface area (Å²) < 4.78 is 36.7. The Hall–Kier alpha value is -2.78. The first kappa shape index (κ1) is 22.9. The van der Waals surface area contributed by atoms with Gasteiger partial charge in [-0.1, -0.05) is 12.1 Å². The normalized spacial score (nSPS) is 15.5. The van der Waals surface area contributed by atoms with Crippen molar-refractivity contribution in [3.8, 4) is 11.5 Å². The third-order valence-corrected chi connectivity index (χ3v) is 6.04. The van der Waals surface area contributed by atoms with E-state index in [1.54, 1.807) is 43.4 Å². The fourth-order valence-corrected chi connectivity index (χ4v) is 4.37. The quantitative estimate of drug-likeness (QED) is 0.666. The van der Waals surface area contributed by atoms with Crippen molar-refractivity contribution in [1.29, 1.82) is 0 Å². The van der Waals surface area contributed by atoms with Crippen LogP contribution < -0.4 is 19.1 Å². The van der Waals surface area contributed by atoms with Gasteiger partial charge in [-0.3, -0.25) is 4.79 Å². The lowest BCUT2D eigenvalue weighted by atomic mass is 10.0. The Morgan fingerprint density at radius 2 is 1.45 bits per heavy atom. The molecule has 1 saturated heterocycles. The highest BCUT2D eigenvalue weighted by Crippen LogP contribution is 2.24. The van der Waals surface area contributed by atoms with Gasteiger partial charge in [-0.2, -0.15) is 0 Å². The molecule has 0 bridgehead atoms. The number of anilines is 1. The van der Waals surface area contributed by atoms with Gasteiger partial charge in [-0.25, -0.2) is 13.1 Å². The number of nitrogens with one attached hydrogen (secondary N) is 1. The van der Waals surface area contributed by atoms with Crippen molar-refractivity contribution in [3.63, 3.8) is 0 Å². The van der Waals surface area contributed by atoms with Crippen LogP contribution in [-0.2, 0) is 14.8 Å². The Bertz CT molecular complexity index is 969. The van der Waals surface area contributed by atoms with E-state index in [4.69, 9.17) is 9.47 Å². The van der Waals surface area contributed by atoms with Gasteiger partial charge in [-0.15, -0.1) is 0 Å². The Kier molecular flexibility index (Phi) is 7.40. The van der Waals surface area contributed by atoms with E-state index in [2.05, 4.69) is 9.62 Å². The van der Waals surface area contributed by atoms with E-state index in [0.717, 1.165) is 23.3 Å². The lowest BCUT2D eigenvalue weighted by Crippen LogP contribution is -2.49.